The monoisotopic (exact) mass is 199 g/mol. The van der Waals surface area contributed by atoms with Crippen molar-refractivity contribution >= 4 is 17.2 Å². The molecular weight excluding hydrogens is 178 g/mol. The first-order valence-corrected chi connectivity index (χ1v) is 5.88. The summed E-state index contributed by atoms with van der Waals surface area (Å²) in [7, 11) is 0. The maximum absolute atomic E-state index is 5.30. The Morgan fingerprint density at radius 3 is 2.46 bits per heavy atom. The number of hydrogen-bond donors (Lipinski definition) is 1. The highest BCUT2D eigenvalue weighted by molar-refractivity contribution is 7.80. The minimum absolute atomic E-state index is 0.681. The van der Waals surface area contributed by atoms with Gasteiger partial charge in [-0.15, -0.1) is 0 Å². The molecule has 1 aliphatic carbocycles. The molecule has 1 nitrogen and oxygen atoms in total. The van der Waals surface area contributed by atoms with Gasteiger partial charge in [0.2, 0.25) is 0 Å². The Morgan fingerprint density at radius 2 is 1.92 bits per heavy atom. The fraction of sp³-hybridized carbons (Fsp3) is 0.909. The van der Waals surface area contributed by atoms with Crippen LogP contribution in [0.25, 0.3) is 0 Å². The molecule has 1 fully saturated rings. The highest BCUT2D eigenvalue weighted by Crippen LogP contribution is 2.17. The van der Waals surface area contributed by atoms with Crippen LogP contribution in [0.4, 0.5) is 0 Å². The first kappa shape index (κ1) is 11.0. The van der Waals surface area contributed by atoms with Crippen molar-refractivity contribution in [1.82, 2.24) is 5.32 Å². The lowest BCUT2D eigenvalue weighted by atomic mass is 9.95. The summed E-state index contributed by atoms with van der Waals surface area (Å²) >= 11 is 5.30. The van der Waals surface area contributed by atoms with Crippen LogP contribution in [0, 0.1) is 5.92 Å². The zero-order valence-corrected chi connectivity index (χ0v) is 9.62. The predicted molar refractivity (Wildman–Crippen MR) is 62.1 cm³/mol. The van der Waals surface area contributed by atoms with E-state index < -0.39 is 0 Å². The van der Waals surface area contributed by atoms with Crippen LogP contribution in [0.3, 0.4) is 0 Å². The molecule has 0 unspecified atom stereocenters. The van der Waals surface area contributed by atoms with Gasteiger partial charge in [0.25, 0.3) is 0 Å². The molecule has 0 amide bonds. The number of thiocarbonyl (C=S) groups is 1. The lowest BCUT2D eigenvalue weighted by molar-refractivity contribution is 0.412. The maximum atomic E-state index is 5.30. The van der Waals surface area contributed by atoms with Crippen LogP contribution in [-0.4, -0.2) is 11.0 Å². The fourth-order valence-electron chi connectivity index (χ4n) is 1.90. The second-order valence-corrected chi connectivity index (χ2v) is 4.99. The van der Waals surface area contributed by atoms with E-state index in [1.807, 2.05) is 0 Å². The third kappa shape index (κ3) is 4.61. The van der Waals surface area contributed by atoms with Gasteiger partial charge in [-0.1, -0.05) is 45.3 Å². The summed E-state index contributed by atoms with van der Waals surface area (Å²) in [5.74, 6) is 0.684. The molecule has 1 aliphatic rings. The van der Waals surface area contributed by atoms with Crippen LogP contribution < -0.4 is 5.32 Å². The smallest absolute Gasteiger partial charge is 0.0758 e. The SMILES string of the molecule is CC(C)CC(=S)NC1CCCCC1. The molecular formula is C11H21NS. The van der Waals surface area contributed by atoms with E-state index in [0.29, 0.717) is 12.0 Å². The number of nitrogens with one attached hydrogen (secondary N) is 1. The van der Waals surface area contributed by atoms with Crippen molar-refractivity contribution in [2.75, 3.05) is 0 Å². The summed E-state index contributed by atoms with van der Waals surface area (Å²) in [5, 5.41) is 3.48. The van der Waals surface area contributed by atoms with Crippen molar-refractivity contribution in [3.05, 3.63) is 0 Å². The lowest BCUT2D eigenvalue weighted by Gasteiger charge is -2.24. The van der Waals surface area contributed by atoms with Crippen molar-refractivity contribution in [3.8, 4) is 0 Å². The highest BCUT2D eigenvalue weighted by atomic mass is 32.1. The minimum Gasteiger partial charge on any atom is -0.377 e. The molecule has 0 saturated heterocycles. The van der Waals surface area contributed by atoms with Gasteiger partial charge < -0.3 is 5.32 Å². The van der Waals surface area contributed by atoms with E-state index in [2.05, 4.69) is 19.2 Å². The van der Waals surface area contributed by atoms with Crippen LogP contribution in [0.5, 0.6) is 0 Å². The van der Waals surface area contributed by atoms with Gasteiger partial charge in [-0.3, -0.25) is 0 Å². The largest absolute Gasteiger partial charge is 0.377 e. The molecule has 0 spiro atoms. The molecule has 0 aromatic heterocycles. The van der Waals surface area contributed by atoms with E-state index in [1.54, 1.807) is 0 Å². The van der Waals surface area contributed by atoms with E-state index in [1.165, 1.54) is 32.1 Å². The van der Waals surface area contributed by atoms with Crippen molar-refractivity contribution < 1.29 is 0 Å². The van der Waals surface area contributed by atoms with Crippen molar-refractivity contribution in [1.29, 1.82) is 0 Å². The highest BCUT2D eigenvalue weighted by Gasteiger charge is 2.13. The van der Waals surface area contributed by atoms with Gasteiger partial charge >= 0.3 is 0 Å². The van der Waals surface area contributed by atoms with Gasteiger partial charge in [-0.2, -0.15) is 0 Å². The molecule has 0 atom stereocenters. The molecule has 0 radical (unpaired) electrons. The van der Waals surface area contributed by atoms with E-state index in [-0.39, 0.29) is 0 Å². The second kappa shape index (κ2) is 5.58. The molecule has 1 rings (SSSR count). The van der Waals surface area contributed by atoms with Crippen molar-refractivity contribution in [3.63, 3.8) is 0 Å². The van der Waals surface area contributed by atoms with E-state index >= 15 is 0 Å². The van der Waals surface area contributed by atoms with E-state index in [9.17, 15) is 0 Å². The Morgan fingerprint density at radius 1 is 1.31 bits per heavy atom. The van der Waals surface area contributed by atoms with E-state index in [0.717, 1.165) is 11.4 Å². The normalized spacial score (nSPS) is 19.0. The standard InChI is InChI=1S/C11H21NS/c1-9(2)8-11(13)12-10-6-4-3-5-7-10/h9-10H,3-8H2,1-2H3,(H,12,13). The summed E-state index contributed by atoms with van der Waals surface area (Å²) in [6.07, 6.45) is 7.85. The lowest BCUT2D eigenvalue weighted by Crippen LogP contribution is -2.35. The molecule has 13 heavy (non-hydrogen) atoms. The summed E-state index contributed by atoms with van der Waals surface area (Å²) < 4.78 is 0. The average molecular weight is 199 g/mol. The van der Waals surface area contributed by atoms with Crippen LogP contribution in [-0.2, 0) is 0 Å². The molecule has 1 saturated carbocycles. The summed E-state index contributed by atoms with van der Waals surface area (Å²) in [5.41, 5.74) is 0. The quantitative estimate of drug-likeness (QED) is 0.700. The minimum atomic E-state index is 0.681. The molecule has 0 heterocycles. The molecule has 1 N–H and O–H groups in total. The average Bonchev–Trinajstić information content (AvgIpc) is 2.04. The molecule has 76 valence electrons. The van der Waals surface area contributed by atoms with Gasteiger partial charge in [0.15, 0.2) is 0 Å². The van der Waals surface area contributed by atoms with E-state index in [4.69, 9.17) is 12.2 Å². The number of rotatable bonds is 3. The molecule has 0 bridgehead atoms. The second-order valence-electron chi connectivity index (χ2n) is 4.50. The predicted octanol–water partition coefficient (Wildman–Crippen LogP) is 3.28. The Bertz CT molecular complexity index is 159. The van der Waals surface area contributed by atoms with Gasteiger partial charge in [0.05, 0.1) is 4.99 Å². The zero-order valence-electron chi connectivity index (χ0n) is 8.81. The van der Waals surface area contributed by atoms with Crippen LogP contribution in [0.2, 0.25) is 0 Å². The molecule has 0 aromatic carbocycles. The Hall–Kier alpha value is -0.110. The Kier molecular flexibility index (Phi) is 4.71. The summed E-state index contributed by atoms with van der Waals surface area (Å²) in [6, 6.07) is 0.681. The summed E-state index contributed by atoms with van der Waals surface area (Å²) in [4.78, 5) is 1.07. The van der Waals surface area contributed by atoms with Crippen LogP contribution in [0.15, 0.2) is 0 Å². The molecule has 2 heteroatoms. The van der Waals surface area contributed by atoms with Crippen molar-refractivity contribution in [2.45, 2.75) is 58.4 Å². The van der Waals surface area contributed by atoms with Gasteiger partial charge in [0, 0.05) is 12.5 Å². The third-order valence-electron chi connectivity index (χ3n) is 2.56. The number of hydrogen-bond acceptors (Lipinski definition) is 1. The van der Waals surface area contributed by atoms with Crippen molar-refractivity contribution in [2.24, 2.45) is 5.92 Å². The topological polar surface area (TPSA) is 12.0 Å². The van der Waals surface area contributed by atoms with Gasteiger partial charge in [0.1, 0.15) is 0 Å². The molecule has 0 aromatic rings. The third-order valence-corrected chi connectivity index (χ3v) is 2.85. The Labute approximate surface area is 87.3 Å². The van der Waals surface area contributed by atoms with Gasteiger partial charge in [-0.25, -0.2) is 0 Å². The fourth-order valence-corrected chi connectivity index (χ4v) is 2.40. The first-order valence-electron chi connectivity index (χ1n) is 5.48. The first-order chi connectivity index (χ1) is 6.18. The zero-order chi connectivity index (χ0) is 9.68. The van der Waals surface area contributed by atoms with Gasteiger partial charge in [-0.05, 0) is 18.8 Å². The Balaban J connectivity index is 2.18. The molecule has 0 aliphatic heterocycles. The maximum Gasteiger partial charge on any atom is 0.0758 e. The summed E-state index contributed by atoms with van der Waals surface area (Å²) in [6.45, 7) is 4.43. The van der Waals surface area contributed by atoms with Crippen LogP contribution in [0.1, 0.15) is 52.4 Å². The van der Waals surface area contributed by atoms with Crippen LogP contribution >= 0.6 is 12.2 Å².